The van der Waals surface area contributed by atoms with E-state index in [4.69, 9.17) is 4.74 Å². The van der Waals surface area contributed by atoms with E-state index in [1.54, 1.807) is 37.4 Å². The molecule has 5 nitrogen and oxygen atoms in total. The van der Waals surface area contributed by atoms with E-state index >= 15 is 0 Å². The summed E-state index contributed by atoms with van der Waals surface area (Å²) >= 11 is 1.34. The number of ether oxygens (including phenoxy) is 1. The van der Waals surface area contributed by atoms with Gasteiger partial charge in [0.1, 0.15) is 5.75 Å². The van der Waals surface area contributed by atoms with Gasteiger partial charge in [0.15, 0.2) is 11.7 Å². The van der Waals surface area contributed by atoms with Crippen LogP contribution in [0.4, 0.5) is 5.69 Å². The molecule has 1 heterocycles. The molecule has 1 aromatic heterocycles. The quantitative estimate of drug-likeness (QED) is 0.643. The highest BCUT2D eigenvalue weighted by molar-refractivity contribution is 7.14. The zero-order valence-corrected chi connectivity index (χ0v) is 14.6. The number of nitrogens with zero attached hydrogens (tertiary/aromatic N) is 1. The van der Waals surface area contributed by atoms with Crippen molar-refractivity contribution in [1.82, 2.24) is 0 Å². The number of carbonyl (C=O) groups is 2. The molecule has 0 aliphatic heterocycles. The number of Topliss-reactive ketones (excluding diaryl/α,β-unsaturated/α-hetero) is 1. The minimum Gasteiger partial charge on any atom is -0.497 e. The number of rotatable bonds is 6. The van der Waals surface area contributed by atoms with Crippen molar-refractivity contribution in [1.29, 1.82) is 5.26 Å². The lowest BCUT2D eigenvalue weighted by Gasteiger charge is -2.09. The van der Waals surface area contributed by atoms with Gasteiger partial charge in [-0.05, 0) is 49.2 Å². The third-order valence-electron chi connectivity index (χ3n) is 3.60. The second-order valence-corrected chi connectivity index (χ2v) is 6.35. The lowest BCUT2D eigenvalue weighted by atomic mass is 10.0. The number of hydrogen-bond acceptors (Lipinski definition) is 5. The Hall–Kier alpha value is -2.65. The van der Waals surface area contributed by atoms with Crippen molar-refractivity contribution in [3.8, 4) is 11.8 Å². The van der Waals surface area contributed by atoms with Gasteiger partial charge in [-0.25, -0.2) is 0 Å². The Labute approximate surface area is 144 Å². The molecule has 1 unspecified atom stereocenters. The maximum Gasteiger partial charge on any atom is 0.249 e. The Morgan fingerprint density at radius 1 is 1.33 bits per heavy atom. The number of benzene rings is 1. The lowest BCUT2D eigenvalue weighted by Crippen LogP contribution is -2.28. The van der Waals surface area contributed by atoms with Crippen molar-refractivity contribution < 1.29 is 14.3 Å². The van der Waals surface area contributed by atoms with Crippen molar-refractivity contribution in [3.63, 3.8) is 0 Å². The van der Waals surface area contributed by atoms with Gasteiger partial charge in [-0.1, -0.05) is 6.92 Å². The van der Waals surface area contributed by atoms with Gasteiger partial charge in [0, 0.05) is 10.6 Å². The summed E-state index contributed by atoms with van der Waals surface area (Å²) in [6.45, 7) is 3.93. The first kappa shape index (κ1) is 17.7. The fraction of sp³-hybridized carbons (Fsp3) is 0.278. The van der Waals surface area contributed by atoms with Crippen LogP contribution in [0.3, 0.4) is 0 Å². The smallest absolute Gasteiger partial charge is 0.249 e. The largest absolute Gasteiger partial charge is 0.497 e. The number of methoxy groups -OCH3 is 1. The van der Waals surface area contributed by atoms with Gasteiger partial charge in [0.05, 0.1) is 18.1 Å². The molecule has 1 atom stereocenters. The zero-order chi connectivity index (χ0) is 17.7. The molecular formula is C18H18N2O3S. The summed E-state index contributed by atoms with van der Waals surface area (Å²) in [6, 6.07) is 10.2. The van der Waals surface area contributed by atoms with Crippen molar-refractivity contribution in [3.05, 3.63) is 45.6 Å². The molecule has 0 spiro atoms. The molecule has 0 saturated heterocycles. The van der Waals surface area contributed by atoms with E-state index < -0.39 is 17.6 Å². The maximum atomic E-state index is 12.5. The molecule has 0 bridgehead atoms. The second-order valence-electron chi connectivity index (χ2n) is 5.21. The Kier molecular flexibility index (Phi) is 5.72. The van der Waals surface area contributed by atoms with Crippen molar-refractivity contribution >= 4 is 28.7 Å². The summed E-state index contributed by atoms with van der Waals surface area (Å²) in [5.74, 6) is -1.80. The molecule has 124 valence electrons. The SMILES string of the molecule is CCc1sc(C(=O)C(C#N)C(=O)Nc2ccc(OC)cc2)cc1C. The number of ketones is 1. The van der Waals surface area contributed by atoms with E-state index in [1.807, 2.05) is 19.9 Å². The molecule has 0 radical (unpaired) electrons. The fourth-order valence-corrected chi connectivity index (χ4v) is 3.34. The van der Waals surface area contributed by atoms with E-state index in [2.05, 4.69) is 5.32 Å². The minimum atomic E-state index is -1.37. The summed E-state index contributed by atoms with van der Waals surface area (Å²) in [6.07, 6.45) is 0.818. The summed E-state index contributed by atoms with van der Waals surface area (Å²) in [4.78, 5) is 26.3. The van der Waals surface area contributed by atoms with Crippen molar-refractivity contribution in [2.24, 2.45) is 5.92 Å². The summed E-state index contributed by atoms with van der Waals surface area (Å²) < 4.78 is 5.05. The molecule has 2 aromatic rings. The molecule has 1 N–H and O–H groups in total. The molecule has 6 heteroatoms. The average Bonchev–Trinajstić information content (AvgIpc) is 2.97. The third kappa shape index (κ3) is 3.81. The molecule has 0 aliphatic rings. The van der Waals surface area contributed by atoms with Crippen LogP contribution in [0.15, 0.2) is 30.3 Å². The lowest BCUT2D eigenvalue weighted by molar-refractivity contribution is -0.117. The standard InChI is InChI=1S/C18H18N2O3S/c1-4-15-11(2)9-16(24-15)17(21)14(10-19)18(22)20-12-5-7-13(23-3)8-6-12/h5-9,14H,4H2,1-3H3,(H,20,22). The van der Waals surface area contributed by atoms with E-state index in [0.29, 0.717) is 16.3 Å². The highest BCUT2D eigenvalue weighted by atomic mass is 32.1. The van der Waals surface area contributed by atoms with Crippen LogP contribution in [0.5, 0.6) is 5.75 Å². The van der Waals surface area contributed by atoms with Crippen LogP contribution in [0.1, 0.15) is 27.0 Å². The number of aryl methyl sites for hydroxylation is 2. The monoisotopic (exact) mass is 342 g/mol. The average molecular weight is 342 g/mol. The summed E-state index contributed by atoms with van der Waals surface area (Å²) in [5, 5.41) is 11.9. The number of thiophene rings is 1. The highest BCUT2D eigenvalue weighted by Gasteiger charge is 2.29. The van der Waals surface area contributed by atoms with E-state index in [1.165, 1.54) is 11.3 Å². The van der Waals surface area contributed by atoms with Crippen LogP contribution in [0.25, 0.3) is 0 Å². The number of nitrogens with one attached hydrogen (secondary N) is 1. The van der Waals surface area contributed by atoms with Crippen molar-refractivity contribution in [2.45, 2.75) is 20.3 Å². The minimum absolute atomic E-state index is 0.445. The predicted molar refractivity (Wildman–Crippen MR) is 93.5 cm³/mol. The van der Waals surface area contributed by atoms with E-state index in [-0.39, 0.29) is 0 Å². The second kappa shape index (κ2) is 7.75. The first-order valence-electron chi connectivity index (χ1n) is 7.48. The van der Waals surface area contributed by atoms with Crippen LogP contribution in [-0.2, 0) is 11.2 Å². The molecule has 1 amide bonds. The first-order valence-corrected chi connectivity index (χ1v) is 8.29. The maximum absolute atomic E-state index is 12.5. The van der Waals surface area contributed by atoms with Gasteiger partial charge >= 0.3 is 0 Å². The number of nitriles is 1. The fourth-order valence-electron chi connectivity index (χ4n) is 2.26. The van der Waals surface area contributed by atoms with Gasteiger partial charge in [-0.15, -0.1) is 11.3 Å². The summed E-state index contributed by atoms with van der Waals surface area (Å²) in [7, 11) is 1.55. The van der Waals surface area contributed by atoms with Gasteiger partial charge in [-0.3, -0.25) is 9.59 Å². The first-order chi connectivity index (χ1) is 11.5. The van der Waals surface area contributed by atoms with Crippen LogP contribution >= 0.6 is 11.3 Å². The predicted octanol–water partition coefficient (Wildman–Crippen LogP) is 3.59. The van der Waals surface area contributed by atoms with Gasteiger partial charge in [0.2, 0.25) is 5.91 Å². The number of anilines is 1. The molecule has 0 saturated carbocycles. The Balaban J connectivity index is 2.15. The van der Waals surface area contributed by atoms with Gasteiger partial charge in [0.25, 0.3) is 0 Å². The van der Waals surface area contributed by atoms with Crippen LogP contribution in [-0.4, -0.2) is 18.8 Å². The topological polar surface area (TPSA) is 79.2 Å². The Morgan fingerprint density at radius 2 is 2.00 bits per heavy atom. The molecule has 2 rings (SSSR count). The van der Waals surface area contributed by atoms with Crippen LogP contribution in [0, 0.1) is 24.2 Å². The van der Waals surface area contributed by atoms with Gasteiger partial charge in [-0.2, -0.15) is 5.26 Å². The molecular weight excluding hydrogens is 324 g/mol. The summed E-state index contributed by atoms with van der Waals surface area (Å²) in [5.41, 5.74) is 1.52. The van der Waals surface area contributed by atoms with Crippen LogP contribution in [0.2, 0.25) is 0 Å². The highest BCUT2D eigenvalue weighted by Crippen LogP contribution is 2.25. The number of carbonyl (C=O) groups excluding carboxylic acids is 2. The molecule has 24 heavy (non-hydrogen) atoms. The normalized spacial score (nSPS) is 11.4. The molecule has 0 fully saturated rings. The zero-order valence-electron chi connectivity index (χ0n) is 13.8. The third-order valence-corrected chi connectivity index (χ3v) is 4.99. The van der Waals surface area contributed by atoms with E-state index in [0.717, 1.165) is 16.9 Å². The number of amides is 1. The van der Waals surface area contributed by atoms with Gasteiger partial charge < -0.3 is 10.1 Å². The number of hydrogen-bond donors (Lipinski definition) is 1. The molecule has 1 aromatic carbocycles. The van der Waals surface area contributed by atoms with Crippen molar-refractivity contribution in [2.75, 3.05) is 12.4 Å². The Morgan fingerprint density at radius 3 is 2.50 bits per heavy atom. The van der Waals surface area contributed by atoms with E-state index in [9.17, 15) is 14.9 Å². The molecule has 0 aliphatic carbocycles. The van der Waals surface area contributed by atoms with Crippen LogP contribution < -0.4 is 10.1 Å². The Bertz CT molecular complexity index is 788.